The molecule has 0 aliphatic rings. The molecule has 7 nitrogen and oxygen atoms in total. The van der Waals surface area contributed by atoms with Gasteiger partial charge in [0.25, 0.3) is 0 Å². The van der Waals surface area contributed by atoms with Gasteiger partial charge in [-0.1, -0.05) is 0 Å². The van der Waals surface area contributed by atoms with Crippen molar-refractivity contribution in [1.29, 1.82) is 0 Å². The maximum Gasteiger partial charge on any atom is 0.175 e. The van der Waals surface area contributed by atoms with E-state index in [9.17, 15) is 23.7 Å². The van der Waals surface area contributed by atoms with Gasteiger partial charge >= 0.3 is 0 Å². The van der Waals surface area contributed by atoms with E-state index in [1.807, 2.05) is 0 Å². The number of sulfone groups is 1. The van der Waals surface area contributed by atoms with E-state index in [1.54, 1.807) is 28.9 Å². The molecule has 0 aliphatic heterocycles. The number of rotatable bonds is 3. The summed E-state index contributed by atoms with van der Waals surface area (Å²) in [5, 5.41) is 34.9. The molecular weight excluding hydrogens is 380 g/mol. The van der Waals surface area contributed by atoms with Crippen LogP contribution in [0.2, 0.25) is 0 Å². The van der Waals surface area contributed by atoms with Gasteiger partial charge in [0.1, 0.15) is 22.9 Å². The van der Waals surface area contributed by atoms with Crippen LogP contribution in [0.15, 0.2) is 65.6 Å². The number of fused-ring (bicyclic) bond motifs is 1. The maximum atomic E-state index is 11.7. The van der Waals surface area contributed by atoms with E-state index in [1.165, 1.54) is 36.4 Å². The summed E-state index contributed by atoms with van der Waals surface area (Å²) in [4.78, 5) is 0.187. The third-order valence-electron chi connectivity index (χ3n) is 4.41. The summed E-state index contributed by atoms with van der Waals surface area (Å²) in [6, 6.07) is 15.2. The highest BCUT2D eigenvalue weighted by Crippen LogP contribution is 2.37. The Bertz CT molecular complexity index is 1310. The SMILES string of the molecule is CS(=O)(=O)c1ccc(-n2nc(-c3ccc(O)cc3O)c3ccc(O)cc32)cc1. The van der Waals surface area contributed by atoms with E-state index < -0.39 is 9.84 Å². The molecule has 4 aromatic rings. The average molecular weight is 396 g/mol. The third-order valence-corrected chi connectivity index (χ3v) is 5.54. The van der Waals surface area contributed by atoms with E-state index in [2.05, 4.69) is 5.10 Å². The second-order valence-corrected chi connectivity index (χ2v) is 8.45. The zero-order chi connectivity index (χ0) is 20.1. The van der Waals surface area contributed by atoms with Crippen LogP contribution in [0.4, 0.5) is 0 Å². The number of hydrogen-bond acceptors (Lipinski definition) is 6. The molecule has 1 aromatic heterocycles. The van der Waals surface area contributed by atoms with Crippen molar-refractivity contribution in [2.75, 3.05) is 6.26 Å². The van der Waals surface area contributed by atoms with Gasteiger partial charge in [0.05, 0.1) is 16.1 Å². The molecule has 0 spiro atoms. The molecule has 0 amide bonds. The highest BCUT2D eigenvalue weighted by atomic mass is 32.2. The Morgan fingerprint density at radius 1 is 0.857 bits per heavy atom. The van der Waals surface area contributed by atoms with Crippen LogP contribution in [0.5, 0.6) is 17.2 Å². The predicted octanol–water partition coefficient (Wildman–Crippen LogP) is 3.21. The summed E-state index contributed by atoms with van der Waals surface area (Å²) >= 11 is 0. The van der Waals surface area contributed by atoms with Crippen LogP contribution in [0.3, 0.4) is 0 Å². The molecule has 4 rings (SSSR count). The van der Waals surface area contributed by atoms with Crippen LogP contribution in [-0.2, 0) is 9.84 Å². The third kappa shape index (κ3) is 3.03. The lowest BCUT2D eigenvalue weighted by molar-refractivity contribution is 0.451. The Balaban J connectivity index is 1.96. The van der Waals surface area contributed by atoms with Gasteiger partial charge in [0, 0.05) is 29.3 Å². The van der Waals surface area contributed by atoms with Gasteiger partial charge in [-0.3, -0.25) is 0 Å². The van der Waals surface area contributed by atoms with Crippen molar-refractivity contribution in [2.45, 2.75) is 4.90 Å². The lowest BCUT2D eigenvalue weighted by atomic mass is 10.1. The Hall–Kier alpha value is -3.52. The fraction of sp³-hybridized carbons (Fsp3) is 0.0500. The standard InChI is InChI=1S/C20H16N2O5S/c1-28(26,27)15-6-2-12(3-7-15)22-18-10-13(23)4-8-16(18)20(21-22)17-9-5-14(24)11-19(17)25/h2-11,23-25H,1H3. The number of nitrogens with zero attached hydrogens (tertiary/aromatic N) is 2. The maximum absolute atomic E-state index is 11.7. The Morgan fingerprint density at radius 2 is 1.50 bits per heavy atom. The quantitative estimate of drug-likeness (QED) is 0.490. The molecular formula is C20H16N2O5S. The van der Waals surface area contributed by atoms with Crippen LogP contribution in [-0.4, -0.2) is 39.8 Å². The molecule has 142 valence electrons. The first-order valence-electron chi connectivity index (χ1n) is 8.28. The number of aromatic nitrogens is 2. The highest BCUT2D eigenvalue weighted by molar-refractivity contribution is 7.90. The van der Waals surface area contributed by atoms with Crippen molar-refractivity contribution < 1.29 is 23.7 Å². The lowest BCUT2D eigenvalue weighted by Gasteiger charge is -2.05. The first-order valence-corrected chi connectivity index (χ1v) is 10.2. The molecule has 28 heavy (non-hydrogen) atoms. The number of benzene rings is 3. The molecule has 0 bridgehead atoms. The summed E-state index contributed by atoms with van der Waals surface area (Å²) in [5.41, 5.74) is 2.04. The summed E-state index contributed by atoms with van der Waals surface area (Å²) in [6.07, 6.45) is 1.13. The van der Waals surface area contributed by atoms with E-state index >= 15 is 0 Å². The van der Waals surface area contributed by atoms with Crippen LogP contribution in [0.1, 0.15) is 0 Å². The van der Waals surface area contributed by atoms with Gasteiger partial charge < -0.3 is 15.3 Å². The predicted molar refractivity (Wildman–Crippen MR) is 105 cm³/mol. The van der Waals surface area contributed by atoms with E-state index in [0.717, 1.165) is 6.26 Å². The minimum atomic E-state index is -3.32. The number of hydrogen-bond donors (Lipinski definition) is 3. The second-order valence-electron chi connectivity index (χ2n) is 6.43. The van der Waals surface area contributed by atoms with Gasteiger partial charge in [0.2, 0.25) is 0 Å². The fourth-order valence-electron chi connectivity index (χ4n) is 3.05. The lowest BCUT2D eigenvalue weighted by Crippen LogP contribution is -2.00. The van der Waals surface area contributed by atoms with Gasteiger partial charge in [0.15, 0.2) is 9.84 Å². The number of phenolic OH excluding ortho intramolecular Hbond substituents is 3. The zero-order valence-corrected chi connectivity index (χ0v) is 15.6. The Labute approximate surface area is 160 Å². The molecule has 0 fully saturated rings. The zero-order valence-electron chi connectivity index (χ0n) is 14.7. The summed E-state index contributed by atoms with van der Waals surface area (Å²) in [6.45, 7) is 0. The summed E-state index contributed by atoms with van der Waals surface area (Å²) < 4.78 is 24.9. The minimum absolute atomic E-state index is 0.0443. The molecule has 0 saturated heterocycles. The van der Waals surface area contributed by atoms with Crippen molar-refractivity contribution in [3.8, 4) is 34.2 Å². The Kier molecular flexibility index (Phi) is 4.01. The molecule has 3 aromatic carbocycles. The topological polar surface area (TPSA) is 113 Å². The normalized spacial score (nSPS) is 11.8. The van der Waals surface area contributed by atoms with Crippen LogP contribution in [0, 0.1) is 0 Å². The van der Waals surface area contributed by atoms with E-state index in [4.69, 9.17) is 0 Å². The fourth-order valence-corrected chi connectivity index (χ4v) is 3.68. The summed E-state index contributed by atoms with van der Waals surface area (Å²) in [5.74, 6) is -0.158. The smallest absolute Gasteiger partial charge is 0.175 e. The van der Waals surface area contributed by atoms with E-state index in [-0.39, 0.29) is 22.1 Å². The van der Waals surface area contributed by atoms with Crippen molar-refractivity contribution >= 4 is 20.7 Å². The molecule has 8 heteroatoms. The molecule has 0 radical (unpaired) electrons. The van der Waals surface area contributed by atoms with Gasteiger partial charge in [-0.15, -0.1) is 0 Å². The first-order chi connectivity index (χ1) is 13.2. The van der Waals surface area contributed by atoms with Crippen molar-refractivity contribution in [1.82, 2.24) is 9.78 Å². The molecule has 3 N–H and O–H groups in total. The molecule has 0 saturated carbocycles. The van der Waals surface area contributed by atoms with Crippen molar-refractivity contribution in [3.63, 3.8) is 0 Å². The number of phenols is 3. The van der Waals surface area contributed by atoms with Gasteiger partial charge in [-0.25, -0.2) is 13.1 Å². The van der Waals surface area contributed by atoms with Gasteiger partial charge in [-0.2, -0.15) is 5.10 Å². The van der Waals surface area contributed by atoms with Crippen molar-refractivity contribution in [2.24, 2.45) is 0 Å². The van der Waals surface area contributed by atoms with Crippen LogP contribution >= 0.6 is 0 Å². The van der Waals surface area contributed by atoms with Crippen LogP contribution < -0.4 is 0 Å². The molecule has 0 unspecified atom stereocenters. The molecule has 0 atom stereocenters. The first kappa shape index (κ1) is 17.9. The Morgan fingerprint density at radius 3 is 2.14 bits per heavy atom. The second kappa shape index (κ2) is 6.28. The summed E-state index contributed by atoms with van der Waals surface area (Å²) in [7, 11) is -3.32. The molecule has 0 aliphatic carbocycles. The van der Waals surface area contributed by atoms with Crippen molar-refractivity contribution in [3.05, 3.63) is 60.7 Å². The highest BCUT2D eigenvalue weighted by Gasteiger charge is 2.17. The van der Waals surface area contributed by atoms with E-state index in [0.29, 0.717) is 27.8 Å². The number of aromatic hydroxyl groups is 3. The minimum Gasteiger partial charge on any atom is -0.508 e. The van der Waals surface area contributed by atoms with Crippen LogP contribution in [0.25, 0.3) is 27.8 Å². The molecule has 1 heterocycles. The largest absolute Gasteiger partial charge is 0.508 e. The monoisotopic (exact) mass is 396 g/mol. The van der Waals surface area contributed by atoms with Gasteiger partial charge in [-0.05, 0) is 48.5 Å². The average Bonchev–Trinajstić information content (AvgIpc) is 2.99.